The number of anilines is 1. The van der Waals surface area contributed by atoms with Gasteiger partial charge in [0, 0.05) is 5.69 Å². The van der Waals surface area contributed by atoms with E-state index in [4.69, 9.17) is 12.2 Å². The maximum Gasteiger partial charge on any atom is 0.171 e. The number of benzene rings is 2. The molecule has 3 N–H and O–H groups in total. The summed E-state index contributed by atoms with van der Waals surface area (Å²) in [5.74, 6) is -0.241. The van der Waals surface area contributed by atoms with Crippen molar-refractivity contribution < 1.29 is 9.29 Å². The molecule has 0 saturated heterocycles. The van der Waals surface area contributed by atoms with E-state index in [0.717, 1.165) is 6.54 Å². The van der Waals surface area contributed by atoms with E-state index < -0.39 is 0 Å². The Balaban J connectivity index is 2.06. The number of quaternary nitrogens is 1. The molecule has 0 amide bonds. The number of thiocarbonyl (C=S) groups is 1. The van der Waals surface area contributed by atoms with Crippen LogP contribution in [0.2, 0.25) is 0 Å². The van der Waals surface area contributed by atoms with Crippen molar-refractivity contribution in [3.8, 4) is 0 Å². The molecular weight excluding hydrogens is 309 g/mol. The maximum absolute atomic E-state index is 13.6. The Morgan fingerprint density at radius 2 is 1.87 bits per heavy atom. The van der Waals surface area contributed by atoms with Crippen LogP contribution in [0.1, 0.15) is 17.2 Å². The van der Waals surface area contributed by atoms with Crippen LogP contribution in [0, 0.1) is 12.7 Å². The van der Waals surface area contributed by atoms with Crippen LogP contribution in [0.5, 0.6) is 0 Å². The molecule has 0 aromatic heterocycles. The van der Waals surface area contributed by atoms with Gasteiger partial charge in [-0.3, -0.25) is 0 Å². The van der Waals surface area contributed by atoms with Gasteiger partial charge in [0.1, 0.15) is 18.4 Å². The van der Waals surface area contributed by atoms with E-state index in [-0.39, 0.29) is 11.9 Å². The van der Waals surface area contributed by atoms with E-state index in [0.29, 0.717) is 16.4 Å². The van der Waals surface area contributed by atoms with Gasteiger partial charge in [-0.25, -0.2) is 4.39 Å². The highest BCUT2D eigenvalue weighted by Gasteiger charge is 2.16. The molecule has 0 saturated carbocycles. The second-order valence-electron chi connectivity index (χ2n) is 5.94. The topological polar surface area (TPSA) is 28.5 Å². The molecule has 0 heterocycles. The van der Waals surface area contributed by atoms with Crippen molar-refractivity contribution in [1.29, 1.82) is 0 Å². The predicted octanol–water partition coefficient (Wildman–Crippen LogP) is 2.31. The van der Waals surface area contributed by atoms with Gasteiger partial charge in [0.25, 0.3) is 0 Å². The molecular formula is C18H23FN3S+. The highest BCUT2D eigenvalue weighted by atomic mass is 32.1. The van der Waals surface area contributed by atoms with Gasteiger partial charge in [0.05, 0.1) is 14.1 Å². The monoisotopic (exact) mass is 332 g/mol. The van der Waals surface area contributed by atoms with E-state index in [9.17, 15) is 4.39 Å². The number of aryl methyl sites for hydroxylation is 1. The van der Waals surface area contributed by atoms with Gasteiger partial charge in [-0.2, -0.15) is 0 Å². The smallest absolute Gasteiger partial charge is 0.171 e. The lowest BCUT2D eigenvalue weighted by atomic mass is 10.1. The Bertz CT molecular complexity index is 659. The summed E-state index contributed by atoms with van der Waals surface area (Å²) in [6.45, 7) is 2.62. The van der Waals surface area contributed by atoms with Crippen LogP contribution in [0.4, 0.5) is 10.1 Å². The van der Waals surface area contributed by atoms with Gasteiger partial charge >= 0.3 is 0 Å². The van der Waals surface area contributed by atoms with Crippen molar-refractivity contribution in [2.45, 2.75) is 13.0 Å². The number of hydrogen-bond donors (Lipinski definition) is 3. The Kier molecular flexibility index (Phi) is 6.07. The Morgan fingerprint density at radius 3 is 2.48 bits per heavy atom. The van der Waals surface area contributed by atoms with Crippen molar-refractivity contribution in [2.24, 2.45) is 0 Å². The maximum atomic E-state index is 13.6. The minimum absolute atomic E-state index is 0.0940. The minimum Gasteiger partial charge on any atom is -0.350 e. The molecule has 23 heavy (non-hydrogen) atoms. The van der Waals surface area contributed by atoms with Crippen LogP contribution in [0.25, 0.3) is 0 Å². The van der Waals surface area contributed by atoms with Crippen molar-refractivity contribution in [1.82, 2.24) is 5.32 Å². The molecule has 0 aliphatic carbocycles. The van der Waals surface area contributed by atoms with Gasteiger partial charge < -0.3 is 15.5 Å². The van der Waals surface area contributed by atoms with Crippen molar-refractivity contribution >= 4 is 23.0 Å². The number of rotatable bonds is 5. The minimum atomic E-state index is -0.241. The average Bonchev–Trinajstić information content (AvgIpc) is 2.51. The predicted molar refractivity (Wildman–Crippen MR) is 97.4 cm³/mol. The van der Waals surface area contributed by atoms with Crippen LogP contribution < -0.4 is 15.5 Å². The molecule has 1 atom stereocenters. The van der Waals surface area contributed by atoms with Crippen LogP contribution in [0.15, 0.2) is 48.5 Å². The summed E-state index contributed by atoms with van der Waals surface area (Å²) < 4.78 is 13.6. The van der Waals surface area contributed by atoms with Crippen LogP contribution in [0.3, 0.4) is 0 Å². The zero-order valence-electron chi connectivity index (χ0n) is 13.7. The summed E-state index contributed by atoms with van der Waals surface area (Å²) in [5, 5.41) is 6.87. The first-order valence-corrected chi connectivity index (χ1v) is 8.04. The fourth-order valence-electron chi connectivity index (χ4n) is 2.34. The van der Waals surface area contributed by atoms with Crippen molar-refractivity contribution in [3.05, 3.63) is 65.5 Å². The quantitative estimate of drug-likeness (QED) is 0.734. The Morgan fingerprint density at radius 1 is 1.17 bits per heavy atom. The molecule has 0 radical (unpaired) electrons. The lowest BCUT2D eigenvalue weighted by molar-refractivity contribution is -0.860. The fourth-order valence-corrected chi connectivity index (χ4v) is 2.60. The van der Waals surface area contributed by atoms with E-state index in [2.05, 4.69) is 36.9 Å². The van der Waals surface area contributed by atoms with Crippen LogP contribution >= 0.6 is 12.2 Å². The van der Waals surface area contributed by atoms with Crippen molar-refractivity contribution in [2.75, 3.05) is 26.0 Å². The normalized spacial score (nSPS) is 12.0. The molecule has 5 heteroatoms. The third-order valence-electron chi connectivity index (χ3n) is 3.55. The van der Waals surface area contributed by atoms with Crippen LogP contribution in [-0.4, -0.2) is 25.8 Å². The fraction of sp³-hybridized carbons (Fsp3) is 0.278. The summed E-state index contributed by atoms with van der Waals surface area (Å²) in [7, 11) is 4.20. The summed E-state index contributed by atoms with van der Waals surface area (Å²) in [6.07, 6.45) is 0. The van der Waals surface area contributed by atoms with Gasteiger partial charge in [-0.15, -0.1) is 0 Å². The van der Waals surface area contributed by atoms with Crippen LogP contribution in [-0.2, 0) is 0 Å². The summed E-state index contributed by atoms with van der Waals surface area (Å²) >= 11 is 5.39. The first-order valence-electron chi connectivity index (χ1n) is 7.63. The van der Waals surface area contributed by atoms with E-state index in [1.807, 2.05) is 24.3 Å². The molecule has 3 nitrogen and oxygen atoms in total. The van der Waals surface area contributed by atoms with Gasteiger partial charge in [0.15, 0.2) is 5.11 Å². The SMILES string of the molecule is Cc1ccc(NC(=S)N[C@H](C[NH+](C)C)c2ccccc2)cc1F. The highest BCUT2D eigenvalue weighted by Crippen LogP contribution is 2.15. The summed E-state index contributed by atoms with van der Waals surface area (Å²) in [4.78, 5) is 1.32. The largest absolute Gasteiger partial charge is 0.350 e. The zero-order chi connectivity index (χ0) is 16.8. The summed E-state index contributed by atoms with van der Waals surface area (Å²) in [5.41, 5.74) is 2.44. The molecule has 0 bridgehead atoms. The third-order valence-corrected chi connectivity index (χ3v) is 3.77. The number of nitrogens with one attached hydrogen (secondary N) is 3. The molecule has 0 unspecified atom stereocenters. The second-order valence-corrected chi connectivity index (χ2v) is 6.35. The molecule has 2 rings (SSSR count). The lowest BCUT2D eigenvalue weighted by Crippen LogP contribution is -3.06. The highest BCUT2D eigenvalue weighted by molar-refractivity contribution is 7.80. The Labute approximate surface area is 142 Å². The zero-order valence-corrected chi connectivity index (χ0v) is 14.5. The number of likely N-dealkylation sites (N-methyl/N-ethyl adjacent to an activating group) is 1. The van der Waals surface area contributed by atoms with E-state index in [1.54, 1.807) is 13.0 Å². The molecule has 2 aromatic carbocycles. The summed E-state index contributed by atoms with van der Waals surface area (Å²) in [6, 6.07) is 15.3. The van der Waals surface area contributed by atoms with Gasteiger partial charge in [-0.05, 0) is 42.4 Å². The van der Waals surface area contributed by atoms with Crippen molar-refractivity contribution in [3.63, 3.8) is 0 Å². The average molecular weight is 332 g/mol. The van der Waals surface area contributed by atoms with E-state index >= 15 is 0 Å². The third kappa shape index (κ3) is 5.30. The van der Waals surface area contributed by atoms with Gasteiger partial charge in [0.2, 0.25) is 0 Å². The standard InChI is InChI=1S/C18H22FN3S/c1-13-9-10-15(11-16(13)19)20-18(23)21-17(12-22(2)3)14-7-5-4-6-8-14/h4-11,17H,12H2,1-3H3,(H2,20,21,23)/p+1/t17-/m1/s1. The second kappa shape index (κ2) is 8.04. The molecule has 0 aliphatic heterocycles. The first-order chi connectivity index (χ1) is 11.0. The first kappa shape index (κ1) is 17.4. The van der Waals surface area contributed by atoms with E-state index in [1.165, 1.54) is 16.5 Å². The molecule has 2 aromatic rings. The molecule has 0 spiro atoms. The number of halogens is 1. The lowest BCUT2D eigenvalue weighted by Gasteiger charge is -2.22. The van der Waals surface area contributed by atoms with Gasteiger partial charge in [-0.1, -0.05) is 36.4 Å². The molecule has 122 valence electrons. The molecule has 0 aliphatic rings. The molecule has 0 fully saturated rings. The number of hydrogen-bond acceptors (Lipinski definition) is 1. The Hall–Kier alpha value is -1.98.